The first kappa shape index (κ1) is 13.7. The molecule has 2 aromatic carbocycles. The van der Waals surface area contributed by atoms with Crippen LogP contribution in [0.25, 0.3) is 27.5 Å². The second-order valence-corrected chi connectivity index (χ2v) is 5.42. The van der Waals surface area contributed by atoms with Crippen LogP contribution in [0, 0.1) is 0 Å². The van der Waals surface area contributed by atoms with Crippen LogP contribution in [0.2, 0.25) is 0 Å². The van der Waals surface area contributed by atoms with Crippen molar-refractivity contribution in [3.05, 3.63) is 60.9 Å². The van der Waals surface area contributed by atoms with Crippen molar-refractivity contribution in [3.63, 3.8) is 0 Å². The number of anilines is 1. The molecule has 4 rings (SSSR count). The lowest BCUT2D eigenvalue weighted by atomic mass is 10.0. The Morgan fingerprint density at radius 2 is 1.91 bits per heavy atom. The summed E-state index contributed by atoms with van der Waals surface area (Å²) in [5.74, 6) is 0.811. The van der Waals surface area contributed by atoms with Gasteiger partial charge in [0, 0.05) is 24.8 Å². The average Bonchev–Trinajstić information content (AvgIpc) is 3.02. The van der Waals surface area contributed by atoms with E-state index in [9.17, 15) is 0 Å². The predicted molar refractivity (Wildman–Crippen MR) is 93.5 cm³/mol. The molecular weight excluding hydrogens is 286 g/mol. The molecule has 2 heterocycles. The molecular formula is C18H17N5. The summed E-state index contributed by atoms with van der Waals surface area (Å²) in [5, 5.41) is 10.0. The fourth-order valence-electron chi connectivity index (χ4n) is 2.73. The lowest BCUT2D eigenvalue weighted by Crippen LogP contribution is -2.14. The van der Waals surface area contributed by atoms with Gasteiger partial charge >= 0.3 is 0 Å². The third-order valence-electron chi connectivity index (χ3n) is 3.88. The average molecular weight is 303 g/mol. The maximum Gasteiger partial charge on any atom is 0.165 e. The smallest absolute Gasteiger partial charge is 0.165 e. The molecule has 4 aromatic rings. The van der Waals surface area contributed by atoms with Crippen LogP contribution in [0.3, 0.4) is 0 Å². The molecule has 0 bridgehead atoms. The lowest BCUT2D eigenvalue weighted by molar-refractivity contribution is 0.933. The molecule has 0 aliphatic rings. The Labute approximate surface area is 133 Å². The number of fused-ring (bicyclic) bond motifs is 2. The van der Waals surface area contributed by atoms with Gasteiger partial charge in [-0.2, -0.15) is 5.10 Å². The van der Waals surface area contributed by atoms with E-state index in [0.29, 0.717) is 13.1 Å². The zero-order valence-corrected chi connectivity index (χ0v) is 12.6. The minimum atomic E-state index is 0.573. The molecule has 2 aromatic heterocycles. The Hall–Kier alpha value is -2.92. The van der Waals surface area contributed by atoms with E-state index in [1.165, 1.54) is 10.8 Å². The van der Waals surface area contributed by atoms with E-state index in [4.69, 9.17) is 5.73 Å². The Balaban J connectivity index is 1.82. The van der Waals surface area contributed by atoms with Gasteiger partial charge in [0.15, 0.2) is 5.65 Å². The van der Waals surface area contributed by atoms with Gasteiger partial charge in [-0.25, -0.2) is 9.50 Å². The van der Waals surface area contributed by atoms with Crippen LogP contribution in [-0.2, 0) is 0 Å². The second kappa shape index (κ2) is 5.70. The molecule has 0 radical (unpaired) electrons. The molecule has 0 saturated heterocycles. The van der Waals surface area contributed by atoms with Crippen molar-refractivity contribution in [1.82, 2.24) is 14.6 Å². The molecule has 5 nitrogen and oxygen atoms in total. The quantitative estimate of drug-likeness (QED) is 0.608. The Morgan fingerprint density at radius 3 is 2.78 bits per heavy atom. The summed E-state index contributed by atoms with van der Waals surface area (Å²) < 4.78 is 1.79. The summed E-state index contributed by atoms with van der Waals surface area (Å²) in [5.41, 5.74) is 8.50. The van der Waals surface area contributed by atoms with Gasteiger partial charge in [-0.1, -0.05) is 36.4 Å². The number of nitrogens with one attached hydrogen (secondary N) is 1. The normalized spacial score (nSPS) is 11.2. The first-order valence-electron chi connectivity index (χ1n) is 7.63. The van der Waals surface area contributed by atoms with Crippen LogP contribution in [0.15, 0.2) is 60.9 Å². The van der Waals surface area contributed by atoms with Gasteiger partial charge in [0.25, 0.3) is 0 Å². The standard InChI is InChI=1S/C18H17N5/c19-8-9-20-17-7-10-23-18(22-17)16(12-21-23)15-6-5-13-3-1-2-4-14(13)11-15/h1-7,10-12H,8-9,19H2,(H,20,22). The van der Waals surface area contributed by atoms with Crippen molar-refractivity contribution >= 4 is 22.2 Å². The molecule has 5 heteroatoms. The molecule has 0 unspecified atom stereocenters. The summed E-state index contributed by atoms with van der Waals surface area (Å²) in [6.07, 6.45) is 3.77. The fourth-order valence-corrected chi connectivity index (χ4v) is 2.73. The number of hydrogen-bond acceptors (Lipinski definition) is 4. The monoisotopic (exact) mass is 303 g/mol. The van der Waals surface area contributed by atoms with Crippen molar-refractivity contribution in [3.8, 4) is 11.1 Å². The van der Waals surface area contributed by atoms with Crippen LogP contribution < -0.4 is 11.1 Å². The first-order chi connectivity index (χ1) is 11.3. The van der Waals surface area contributed by atoms with E-state index in [0.717, 1.165) is 22.6 Å². The summed E-state index contributed by atoms with van der Waals surface area (Å²) in [6, 6.07) is 16.7. The number of aromatic nitrogens is 3. The Bertz CT molecular complexity index is 973. The molecule has 3 N–H and O–H groups in total. The highest BCUT2D eigenvalue weighted by Gasteiger charge is 2.09. The summed E-state index contributed by atoms with van der Waals surface area (Å²) in [6.45, 7) is 1.27. The van der Waals surface area contributed by atoms with E-state index in [1.807, 2.05) is 24.5 Å². The highest BCUT2D eigenvalue weighted by Crippen LogP contribution is 2.27. The number of benzene rings is 2. The van der Waals surface area contributed by atoms with E-state index >= 15 is 0 Å². The number of nitrogens with zero attached hydrogens (tertiary/aromatic N) is 3. The molecule has 23 heavy (non-hydrogen) atoms. The van der Waals surface area contributed by atoms with Gasteiger partial charge in [-0.15, -0.1) is 0 Å². The SMILES string of the molecule is NCCNc1ccn2ncc(-c3ccc4ccccc4c3)c2n1. The van der Waals surface area contributed by atoms with Crippen molar-refractivity contribution < 1.29 is 0 Å². The molecule has 114 valence electrons. The zero-order chi connectivity index (χ0) is 15.6. The van der Waals surface area contributed by atoms with Crippen LogP contribution in [-0.4, -0.2) is 27.7 Å². The van der Waals surface area contributed by atoms with Crippen LogP contribution >= 0.6 is 0 Å². The van der Waals surface area contributed by atoms with Crippen molar-refractivity contribution in [2.75, 3.05) is 18.4 Å². The van der Waals surface area contributed by atoms with E-state index < -0.39 is 0 Å². The Morgan fingerprint density at radius 1 is 1.04 bits per heavy atom. The summed E-state index contributed by atoms with van der Waals surface area (Å²) in [4.78, 5) is 4.66. The number of nitrogens with two attached hydrogens (primary N) is 1. The van der Waals surface area contributed by atoms with Crippen LogP contribution in [0.5, 0.6) is 0 Å². The molecule has 0 atom stereocenters. The van der Waals surface area contributed by atoms with Gasteiger partial charge < -0.3 is 11.1 Å². The molecule has 0 amide bonds. The van der Waals surface area contributed by atoms with Crippen molar-refractivity contribution in [2.45, 2.75) is 0 Å². The highest BCUT2D eigenvalue weighted by atomic mass is 15.2. The Kier molecular flexibility index (Phi) is 3.40. The fraction of sp³-hybridized carbons (Fsp3) is 0.111. The molecule has 0 saturated carbocycles. The largest absolute Gasteiger partial charge is 0.369 e. The molecule has 0 aliphatic heterocycles. The molecule has 0 aliphatic carbocycles. The van der Waals surface area contributed by atoms with Gasteiger partial charge in [0.1, 0.15) is 5.82 Å². The van der Waals surface area contributed by atoms with Crippen molar-refractivity contribution in [1.29, 1.82) is 0 Å². The predicted octanol–water partition coefficient (Wildman–Crippen LogP) is 2.92. The lowest BCUT2D eigenvalue weighted by Gasteiger charge is -2.05. The first-order valence-corrected chi connectivity index (χ1v) is 7.63. The summed E-state index contributed by atoms with van der Waals surface area (Å²) in [7, 11) is 0. The second-order valence-electron chi connectivity index (χ2n) is 5.42. The maximum atomic E-state index is 5.53. The zero-order valence-electron chi connectivity index (χ0n) is 12.6. The van der Waals surface area contributed by atoms with Crippen molar-refractivity contribution in [2.24, 2.45) is 5.73 Å². The maximum absolute atomic E-state index is 5.53. The van der Waals surface area contributed by atoms with Gasteiger partial charge in [0.05, 0.1) is 6.20 Å². The van der Waals surface area contributed by atoms with Gasteiger partial charge in [-0.3, -0.25) is 0 Å². The number of hydrogen-bond donors (Lipinski definition) is 2. The van der Waals surface area contributed by atoms with E-state index in [1.54, 1.807) is 4.52 Å². The number of rotatable bonds is 4. The van der Waals surface area contributed by atoms with Gasteiger partial charge in [0.2, 0.25) is 0 Å². The topological polar surface area (TPSA) is 68.2 Å². The van der Waals surface area contributed by atoms with E-state index in [2.05, 4.69) is 51.8 Å². The minimum absolute atomic E-state index is 0.573. The third kappa shape index (κ3) is 2.51. The van der Waals surface area contributed by atoms with Crippen LogP contribution in [0.4, 0.5) is 5.82 Å². The highest BCUT2D eigenvalue weighted by molar-refractivity contribution is 5.89. The minimum Gasteiger partial charge on any atom is -0.369 e. The van der Waals surface area contributed by atoms with Crippen LogP contribution in [0.1, 0.15) is 0 Å². The molecule has 0 spiro atoms. The van der Waals surface area contributed by atoms with E-state index in [-0.39, 0.29) is 0 Å². The molecule has 0 fully saturated rings. The summed E-state index contributed by atoms with van der Waals surface area (Å²) >= 11 is 0. The third-order valence-corrected chi connectivity index (χ3v) is 3.88. The van der Waals surface area contributed by atoms with Gasteiger partial charge in [-0.05, 0) is 28.5 Å².